The third-order valence-electron chi connectivity index (χ3n) is 2.82. The molecular formula is C8H11N3O2. The lowest BCUT2D eigenvalue weighted by Crippen LogP contribution is -2.43. The molecule has 1 N–H and O–H groups in total. The van der Waals surface area contributed by atoms with Crippen molar-refractivity contribution >= 4 is 5.97 Å². The molecule has 13 heavy (non-hydrogen) atoms. The van der Waals surface area contributed by atoms with Crippen LogP contribution in [0.4, 0.5) is 0 Å². The lowest BCUT2D eigenvalue weighted by atomic mass is 9.67. The van der Waals surface area contributed by atoms with Gasteiger partial charge in [0.1, 0.15) is 5.41 Å². The maximum Gasteiger partial charge on any atom is 0.315 e. The predicted octanol–water partition coefficient (Wildman–Crippen LogP) is 0.321. The van der Waals surface area contributed by atoms with Crippen molar-refractivity contribution in [3.63, 3.8) is 0 Å². The molecule has 1 aromatic heterocycles. The summed E-state index contributed by atoms with van der Waals surface area (Å²) in [5.74, 6) is -0.760. The van der Waals surface area contributed by atoms with Crippen LogP contribution in [0.5, 0.6) is 0 Å². The molecule has 0 aliphatic heterocycles. The van der Waals surface area contributed by atoms with Gasteiger partial charge in [-0.15, -0.1) is 5.10 Å². The Hall–Kier alpha value is -1.39. The summed E-state index contributed by atoms with van der Waals surface area (Å²) in [5.41, 5.74) is 0.00405. The van der Waals surface area contributed by atoms with Gasteiger partial charge in [0.2, 0.25) is 0 Å². The summed E-state index contributed by atoms with van der Waals surface area (Å²) in [6.07, 6.45) is 3.91. The molecule has 1 fully saturated rings. The Bertz CT molecular complexity index is 341. The molecule has 5 heteroatoms. The molecule has 1 aliphatic carbocycles. The van der Waals surface area contributed by atoms with Gasteiger partial charge in [-0.2, -0.15) is 0 Å². The van der Waals surface area contributed by atoms with Crippen LogP contribution in [0.25, 0.3) is 0 Å². The smallest absolute Gasteiger partial charge is 0.315 e. The Morgan fingerprint density at radius 3 is 2.69 bits per heavy atom. The minimum atomic E-state index is -0.760. The average molecular weight is 181 g/mol. The van der Waals surface area contributed by atoms with E-state index in [1.54, 1.807) is 17.9 Å². The van der Waals surface area contributed by atoms with Crippen molar-refractivity contribution in [3.05, 3.63) is 11.9 Å². The van der Waals surface area contributed by atoms with E-state index in [0.29, 0.717) is 18.5 Å². The molecule has 1 aliphatic rings. The van der Waals surface area contributed by atoms with Gasteiger partial charge in [0.25, 0.3) is 0 Å². The Morgan fingerprint density at radius 1 is 1.69 bits per heavy atom. The highest BCUT2D eigenvalue weighted by Gasteiger charge is 2.48. The Balaban J connectivity index is 2.43. The first kappa shape index (κ1) is 8.22. The van der Waals surface area contributed by atoms with Crippen LogP contribution in [-0.4, -0.2) is 26.1 Å². The third kappa shape index (κ3) is 0.961. The van der Waals surface area contributed by atoms with Gasteiger partial charge in [0.05, 0.1) is 11.9 Å². The van der Waals surface area contributed by atoms with E-state index in [9.17, 15) is 4.79 Å². The number of hydrogen-bond acceptors (Lipinski definition) is 3. The Labute approximate surface area is 75.4 Å². The number of carboxylic acid groups (broad SMARTS) is 1. The number of aliphatic carboxylic acids is 1. The summed E-state index contributed by atoms with van der Waals surface area (Å²) >= 11 is 0. The minimum Gasteiger partial charge on any atom is -0.481 e. The van der Waals surface area contributed by atoms with Gasteiger partial charge in [-0.3, -0.25) is 9.48 Å². The summed E-state index contributed by atoms with van der Waals surface area (Å²) < 4.78 is 1.55. The molecule has 0 aromatic carbocycles. The van der Waals surface area contributed by atoms with E-state index in [2.05, 4.69) is 10.3 Å². The van der Waals surface area contributed by atoms with E-state index in [0.717, 1.165) is 6.42 Å². The van der Waals surface area contributed by atoms with E-state index in [1.807, 2.05) is 0 Å². The van der Waals surface area contributed by atoms with Crippen LogP contribution in [0.3, 0.4) is 0 Å². The molecule has 0 radical (unpaired) electrons. The molecule has 0 atom stereocenters. The van der Waals surface area contributed by atoms with Gasteiger partial charge in [-0.1, -0.05) is 11.6 Å². The van der Waals surface area contributed by atoms with E-state index < -0.39 is 11.4 Å². The van der Waals surface area contributed by atoms with Crippen LogP contribution in [0.2, 0.25) is 0 Å². The first-order valence-corrected chi connectivity index (χ1v) is 4.25. The number of hydrogen-bond donors (Lipinski definition) is 1. The van der Waals surface area contributed by atoms with E-state index in [-0.39, 0.29) is 0 Å². The van der Waals surface area contributed by atoms with E-state index >= 15 is 0 Å². The zero-order chi connectivity index (χ0) is 9.47. The van der Waals surface area contributed by atoms with Gasteiger partial charge in [0.15, 0.2) is 0 Å². The lowest BCUT2D eigenvalue weighted by Gasteiger charge is -2.36. The number of carboxylic acids is 1. The fraction of sp³-hybridized carbons (Fsp3) is 0.625. The normalized spacial score (nSPS) is 19.5. The molecule has 5 nitrogen and oxygen atoms in total. The maximum atomic E-state index is 11.1. The fourth-order valence-corrected chi connectivity index (χ4v) is 1.83. The zero-order valence-corrected chi connectivity index (χ0v) is 7.40. The number of carbonyl (C=O) groups is 1. The quantitative estimate of drug-likeness (QED) is 0.713. The van der Waals surface area contributed by atoms with Crippen molar-refractivity contribution < 1.29 is 9.90 Å². The first-order chi connectivity index (χ1) is 6.17. The fourth-order valence-electron chi connectivity index (χ4n) is 1.83. The molecule has 1 saturated carbocycles. The van der Waals surface area contributed by atoms with Crippen molar-refractivity contribution in [2.24, 2.45) is 7.05 Å². The predicted molar refractivity (Wildman–Crippen MR) is 44.2 cm³/mol. The van der Waals surface area contributed by atoms with Crippen LogP contribution < -0.4 is 0 Å². The molecule has 0 amide bonds. The zero-order valence-electron chi connectivity index (χ0n) is 7.40. The van der Waals surface area contributed by atoms with Crippen LogP contribution in [0, 0.1) is 0 Å². The van der Waals surface area contributed by atoms with Crippen LogP contribution in [0.1, 0.15) is 25.0 Å². The SMILES string of the molecule is Cn1nncc1C1(C(=O)O)CCC1. The van der Waals surface area contributed by atoms with Crippen LogP contribution in [-0.2, 0) is 17.3 Å². The van der Waals surface area contributed by atoms with Gasteiger partial charge in [-0.25, -0.2) is 0 Å². The highest BCUT2D eigenvalue weighted by Crippen LogP contribution is 2.43. The highest BCUT2D eigenvalue weighted by atomic mass is 16.4. The second-order valence-electron chi connectivity index (χ2n) is 3.48. The van der Waals surface area contributed by atoms with E-state index in [4.69, 9.17) is 5.11 Å². The van der Waals surface area contributed by atoms with E-state index in [1.165, 1.54) is 0 Å². The molecular weight excluding hydrogens is 170 g/mol. The molecule has 0 unspecified atom stereocenters. The molecule has 0 spiro atoms. The monoisotopic (exact) mass is 181 g/mol. The Kier molecular flexibility index (Phi) is 1.61. The molecule has 70 valence electrons. The third-order valence-corrected chi connectivity index (χ3v) is 2.82. The molecule has 1 aromatic rings. The largest absolute Gasteiger partial charge is 0.481 e. The van der Waals surface area contributed by atoms with Crippen LogP contribution >= 0.6 is 0 Å². The summed E-state index contributed by atoms with van der Waals surface area (Å²) in [6.45, 7) is 0. The van der Waals surface area contributed by atoms with Gasteiger partial charge < -0.3 is 5.11 Å². The molecule has 0 saturated heterocycles. The van der Waals surface area contributed by atoms with Crippen LogP contribution in [0.15, 0.2) is 6.20 Å². The lowest BCUT2D eigenvalue weighted by molar-refractivity contribution is -0.147. The summed E-state index contributed by atoms with van der Waals surface area (Å²) in [6, 6.07) is 0. The molecule has 0 bridgehead atoms. The van der Waals surface area contributed by atoms with Crippen molar-refractivity contribution in [3.8, 4) is 0 Å². The first-order valence-electron chi connectivity index (χ1n) is 4.25. The van der Waals surface area contributed by atoms with Crippen molar-refractivity contribution in [1.29, 1.82) is 0 Å². The topological polar surface area (TPSA) is 68.0 Å². The number of rotatable bonds is 2. The summed E-state index contributed by atoms with van der Waals surface area (Å²) in [4.78, 5) is 11.1. The second kappa shape index (κ2) is 2.55. The second-order valence-corrected chi connectivity index (χ2v) is 3.48. The number of nitrogens with zero attached hydrogens (tertiary/aromatic N) is 3. The van der Waals surface area contributed by atoms with Crippen molar-refractivity contribution in [1.82, 2.24) is 15.0 Å². The number of aromatic nitrogens is 3. The summed E-state index contributed by atoms with van der Waals surface area (Å²) in [5, 5.41) is 16.6. The van der Waals surface area contributed by atoms with Gasteiger partial charge in [-0.05, 0) is 12.8 Å². The standard InChI is InChI=1S/C8H11N3O2/c1-11-6(5-9-10-11)8(7(12)13)3-2-4-8/h5H,2-4H2,1H3,(H,12,13). The van der Waals surface area contributed by atoms with Crippen molar-refractivity contribution in [2.75, 3.05) is 0 Å². The minimum absolute atomic E-state index is 0.698. The summed E-state index contributed by atoms with van der Waals surface area (Å²) in [7, 11) is 1.73. The average Bonchev–Trinajstić information content (AvgIpc) is 2.34. The number of aryl methyl sites for hydroxylation is 1. The van der Waals surface area contributed by atoms with Crippen molar-refractivity contribution in [2.45, 2.75) is 24.7 Å². The molecule has 2 rings (SSSR count). The Morgan fingerprint density at radius 2 is 2.38 bits per heavy atom. The highest BCUT2D eigenvalue weighted by molar-refractivity contribution is 5.81. The molecule has 1 heterocycles. The maximum absolute atomic E-state index is 11.1. The van der Waals surface area contributed by atoms with Gasteiger partial charge >= 0.3 is 5.97 Å². The van der Waals surface area contributed by atoms with Gasteiger partial charge in [0, 0.05) is 7.05 Å².